The van der Waals surface area contributed by atoms with E-state index in [1.165, 1.54) is 5.39 Å². The van der Waals surface area contributed by atoms with Crippen molar-refractivity contribution >= 4 is 87.6 Å². The van der Waals surface area contributed by atoms with Crippen molar-refractivity contribution in [2.45, 2.75) is 13.0 Å². The highest BCUT2D eigenvalue weighted by atomic mass is 15.2. The molecule has 15 aromatic rings. The Kier molecular flexibility index (Phi) is 8.85. The molecule has 0 radical (unpaired) electrons. The number of fused-ring (bicyclic) bond motifs is 12. The standard InChI is InChI=1S/C62H40N10/c1-2-17-39(18-3-1)57-66-58(68-62(67-57)71-52-29-11-5-19-40(52)41-20-6-12-30-53(41)71)49-32-33-55(70-51-28-10-7-22-43(51)46-25-15-36-64-60(46)70)48(34-38-69-50-27-9-4-21-42(50)45-24-14-35-63-59(45)69)56(49)72-54-31-13-8-23-44(54)47-26-16-37-65-61(47)72/h1-33,35-37H,34,38H2. The zero-order chi connectivity index (χ0) is 47.3. The molecule has 0 atom stereocenters. The molecule has 0 saturated carbocycles. The molecule has 72 heavy (non-hydrogen) atoms. The topological polar surface area (TPSA) is 97.1 Å². The maximum Gasteiger partial charge on any atom is 0.238 e. The lowest BCUT2D eigenvalue weighted by Gasteiger charge is -2.23. The van der Waals surface area contributed by atoms with Gasteiger partial charge >= 0.3 is 0 Å². The van der Waals surface area contributed by atoms with E-state index in [0.717, 1.165) is 110 Å². The Bertz CT molecular complexity index is 4440. The van der Waals surface area contributed by atoms with Crippen molar-refractivity contribution in [2.24, 2.45) is 0 Å². The second-order valence-electron chi connectivity index (χ2n) is 18.2. The SMILES string of the molecule is c1ccc(-c2nc(-c3ccc(-n4c5ccccc5c5cccnc54)c(CCn4c5ccccc5c5cccnc54)c3-n3c4ccccc4c4cccnc43)nc(-n3c4ccccc4c4ccccc43)n2)cc1. The third kappa shape index (κ3) is 5.96. The predicted octanol–water partition coefficient (Wildman–Crippen LogP) is 14.0. The van der Waals surface area contributed by atoms with Gasteiger partial charge in [-0.15, -0.1) is 0 Å². The van der Waals surface area contributed by atoms with E-state index in [0.29, 0.717) is 30.6 Å². The summed E-state index contributed by atoms with van der Waals surface area (Å²) in [5.41, 5.74) is 12.6. The Labute approximate surface area is 411 Å². The predicted molar refractivity (Wildman–Crippen MR) is 290 cm³/mol. The largest absolute Gasteiger partial charge is 0.325 e. The highest BCUT2D eigenvalue weighted by Crippen LogP contribution is 2.42. The van der Waals surface area contributed by atoms with Crippen LogP contribution in [0.4, 0.5) is 0 Å². The number of para-hydroxylation sites is 5. The van der Waals surface area contributed by atoms with Crippen molar-refractivity contribution in [3.8, 4) is 40.1 Å². The molecule has 0 amide bonds. The van der Waals surface area contributed by atoms with E-state index in [-0.39, 0.29) is 0 Å². The van der Waals surface area contributed by atoms with Gasteiger partial charge in [-0.25, -0.2) is 19.9 Å². The quantitative estimate of drug-likeness (QED) is 0.151. The molecule has 0 saturated heterocycles. The number of nitrogens with zero attached hydrogens (tertiary/aromatic N) is 10. The molecule has 0 bridgehead atoms. The van der Waals surface area contributed by atoms with Gasteiger partial charge in [0, 0.05) is 84.9 Å². The third-order valence-electron chi connectivity index (χ3n) is 14.4. The van der Waals surface area contributed by atoms with Gasteiger partial charge in [-0.1, -0.05) is 121 Å². The van der Waals surface area contributed by atoms with Crippen LogP contribution in [-0.2, 0) is 13.0 Å². The fraction of sp³-hybridized carbons (Fsp3) is 0.0323. The van der Waals surface area contributed by atoms with Crippen molar-refractivity contribution in [1.82, 2.24) is 48.2 Å². The van der Waals surface area contributed by atoms with Gasteiger partial charge in [0.15, 0.2) is 11.6 Å². The monoisotopic (exact) mass is 924 g/mol. The van der Waals surface area contributed by atoms with Crippen molar-refractivity contribution < 1.29 is 0 Å². The molecule has 0 aliphatic heterocycles. The highest BCUT2D eigenvalue weighted by molar-refractivity contribution is 6.11. The summed E-state index contributed by atoms with van der Waals surface area (Å²) in [5.74, 6) is 1.62. The molecular weight excluding hydrogens is 885 g/mol. The Hall–Kier alpha value is -9.80. The van der Waals surface area contributed by atoms with Gasteiger partial charge in [0.05, 0.1) is 39.0 Å². The summed E-state index contributed by atoms with van der Waals surface area (Å²) in [5, 5.41) is 8.89. The lowest BCUT2D eigenvalue weighted by molar-refractivity contribution is 0.732. The summed E-state index contributed by atoms with van der Waals surface area (Å²) < 4.78 is 9.23. The second kappa shape index (κ2) is 15.9. The second-order valence-corrected chi connectivity index (χ2v) is 18.2. The lowest BCUT2D eigenvalue weighted by Crippen LogP contribution is -2.13. The lowest BCUT2D eigenvalue weighted by atomic mass is 9.99. The van der Waals surface area contributed by atoms with E-state index < -0.39 is 0 Å². The first-order valence-corrected chi connectivity index (χ1v) is 24.2. The van der Waals surface area contributed by atoms with Gasteiger partial charge in [-0.3, -0.25) is 13.7 Å². The zero-order valence-electron chi connectivity index (χ0n) is 38.7. The van der Waals surface area contributed by atoms with Crippen molar-refractivity contribution in [2.75, 3.05) is 0 Å². The van der Waals surface area contributed by atoms with E-state index in [2.05, 4.69) is 182 Å². The Morgan fingerprint density at radius 3 is 1.39 bits per heavy atom. The molecule has 0 aliphatic rings. The first-order valence-electron chi connectivity index (χ1n) is 24.2. The minimum atomic E-state index is 0.524. The first kappa shape index (κ1) is 40.1. The Balaban J connectivity index is 1.10. The summed E-state index contributed by atoms with van der Waals surface area (Å²) in [6, 6.07) is 70.0. The van der Waals surface area contributed by atoms with Crippen LogP contribution in [0.15, 0.2) is 219 Å². The maximum absolute atomic E-state index is 5.60. The van der Waals surface area contributed by atoms with Crippen LogP contribution >= 0.6 is 0 Å². The van der Waals surface area contributed by atoms with Crippen LogP contribution in [0.1, 0.15) is 5.56 Å². The molecule has 0 aliphatic carbocycles. The summed E-state index contributed by atoms with van der Waals surface area (Å²) in [6.07, 6.45) is 6.25. The molecule has 0 unspecified atom stereocenters. The van der Waals surface area contributed by atoms with Crippen LogP contribution in [0.3, 0.4) is 0 Å². The fourth-order valence-corrected chi connectivity index (χ4v) is 11.3. The molecule has 10 heteroatoms. The Morgan fingerprint density at radius 1 is 0.333 bits per heavy atom. The van der Waals surface area contributed by atoms with Crippen LogP contribution in [0.5, 0.6) is 0 Å². The average molecular weight is 925 g/mol. The van der Waals surface area contributed by atoms with E-state index in [9.17, 15) is 0 Å². The molecule has 7 aromatic carbocycles. The summed E-state index contributed by atoms with van der Waals surface area (Å²) >= 11 is 0. The number of pyridine rings is 3. The number of rotatable bonds is 8. The van der Waals surface area contributed by atoms with Gasteiger partial charge in [-0.2, -0.15) is 9.97 Å². The van der Waals surface area contributed by atoms with E-state index in [4.69, 9.17) is 29.9 Å². The van der Waals surface area contributed by atoms with Gasteiger partial charge in [0.2, 0.25) is 5.95 Å². The molecule has 338 valence electrons. The van der Waals surface area contributed by atoms with E-state index in [1.54, 1.807) is 0 Å². The van der Waals surface area contributed by atoms with Crippen molar-refractivity contribution in [3.05, 3.63) is 224 Å². The molecule has 15 rings (SSSR count). The number of aromatic nitrogens is 10. The van der Waals surface area contributed by atoms with E-state index in [1.807, 2.05) is 55.0 Å². The van der Waals surface area contributed by atoms with Crippen molar-refractivity contribution in [3.63, 3.8) is 0 Å². The number of hydrogen-bond acceptors (Lipinski definition) is 6. The van der Waals surface area contributed by atoms with Gasteiger partial charge in [-0.05, 0) is 85.3 Å². The number of hydrogen-bond donors (Lipinski definition) is 0. The van der Waals surface area contributed by atoms with Gasteiger partial charge in [0.25, 0.3) is 0 Å². The molecular formula is C62H40N10. The molecule has 0 fully saturated rings. The summed E-state index contributed by atoms with van der Waals surface area (Å²) in [6.45, 7) is 0.610. The average Bonchev–Trinajstić information content (AvgIpc) is 4.17. The number of benzene rings is 7. The Morgan fingerprint density at radius 2 is 0.778 bits per heavy atom. The van der Waals surface area contributed by atoms with Crippen LogP contribution in [0, 0.1) is 0 Å². The molecule has 8 heterocycles. The van der Waals surface area contributed by atoms with Crippen LogP contribution in [0.25, 0.3) is 128 Å². The van der Waals surface area contributed by atoms with Crippen LogP contribution in [0.2, 0.25) is 0 Å². The maximum atomic E-state index is 5.60. The smallest absolute Gasteiger partial charge is 0.238 e. The van der Waals surface area contributed by atoms with Crippen molar-refractivity contribution in [1.29, 1.82) is 0 Å². The fourth-order valence-electron chi connectivity index (χ4n) is 11.3. The molecule has 0 N–H and O–H groups in total. The zero-order valence-corrected chi connectivity index (χ0v) is 38.7. The third-order valence-corrected chi connectivity index (χ3v) is 14.4. The first-order chi connectivity index (χ1) is 35.8. The summed E-state index contributed by atoms with van der Waals surface area (Å²) in [7, 11) is 0. The normalized spacial score (nSPS) is 12.0. The van der Waals surface area contributed by atoms with Crippen LogP contribution < -0.4 is 0 Å². The van der Waals surface area contributed by atoms with E-state index >= 15 is 0 Å². The summed E-state index contributed by atoms with van der Waals surface area (Å²) in [4.78, 5) is 31.8. The minimum absolute atomic E-state index is 0.524. The highest BCUT2D eigenvalue weighted by Gasteiger charge is 2.28. The van der Waals surface area contributed by atoms with Gasteiger partial charge in [0.1, 0.15) is 16.9 Å². The number of aryl methyl sites for hydroxylation is 1. The minimum Gasteiger partial charge on any atom is -0.325 e. The molecule has 0 spiro atoms. The van der Waals surface area contributed by atoms with Crippen LogP contribution in [-0.4, -0.2) is 48.2 Å². The molecule has 10 nitrogen and oxygen atoms in total. The molecule has 8 aromatic heterocycles. The van der Waals surface area contributed by atoms with Gasteiger partial charge < -0.3 is 4.57 Å².